The number of rotatable bonds is 7. The first-order valence-corrected chi connectivity index (χ1v) is 14.6. The van der Waals surface area contributed by atoms with Crippen molar-refractivity contribution >= 4 is 17.6 Å². The van der Waals surface area contributed by atoms with Crippen LogP contribution in [0, 0.1) is 5.82 Å². The largest absolute Gasteiger partial charge is 0.430 e. The van der Waals surface area contributed by atoms with Gasteiger partial charge in [0.1, 0.15) is 5.82 Å². The molecule has 8 nitrogen and oxygen atoms in total. The number of aliphatic hydroxyl groups is 2. The van der Waals surface area contributed by atoms with Gasteiger partial charge in [-0.25, -0.2) is 9.18 Å². The Morgan fingerprint density at radius 2 is 1.42 bits per heavy atom. The van der Waals surface area contributed by atoms with Gasteiger partial charge in [0.25, 0.3) is 11.5 Å². The minimum Gasteiger partial charge on any atom is -0.388 e. The van der Waals surface area contributed by atoms with Crippen molar-refractivity contribution in [1.29, 1.82) is 0 Å². The highest BCUT2D eigenvalue weighted by Crippen LogP contribution is 2.50. The number of anilines is 1. The molecule has 15 heteroatoms. The summed E-state index contributed by atoms with van der Waals surface area (Å²) in [4.78, 5) is 28.6. The van der Waals surface area contributed by atoms with E-state index in [4.69, 9.17) is 0 Å². The van der Waals surface area contributed by atoms with Gasteiger partial charge >= 0.3 is 18.4 Å². The van der Waals surface area contributed by atoms with Crippen LogP contribution in [0.5, 0.6) is 0 Å². The number of carbonyl (C=O) groups excluding carboxylic acids is 2. The second-order valence-corrected chi connectivity index (χ2v) is 11.6. The molecular formula is C30H35F7N4O4. The Labute approximate surface area is 255 Å². The Morgan fingerprint density at radius 1 is 0.844 bits per heavy atom. The van der Waals surface area contributed by atoms with Crippen LogP contribution in [0.25, 0.3) is 0 Å². The van der Waals surface area contributed by atoms with Crippen LogP contribution in [0.1, 0.15) is 60.0 Å². The summed E-state index contributed by atoms with van der Waals surface area (Å²) in [5.41, 5.74) is -7.03. The molecule has 2 aromatic carbocycles. The number of urea groups is 1. The molecule has 4 rings (SSSR count). The first-order valence-electron chi connectivity index (χ1n) is 14.6. The van der Waals surface area contributed by atoms with E-state index in [1.54, 1.807) is 0 Å². The molecule has 3 amide bonds. The SMILES string of the molecule is O=C(NCC1(O)CCCCCC1)Nc1ccc(C(=O)N2CCN(Cc3ccc(C(O)(C(F)(F)F)C(F)(F)F)cc3)CC2)cc1F. The van der Waals surface area contributed by atoms with E-state index in [1.165, 1.54) is 17.0 Å². The molecule has 0 radical (unpaired) electrons. The quantitative estimate of drug-likeness (QED) is 0.241. The van der Waals surface area contributed by atoms with Crippen molar-refractivity contribution in [2.24, 2.45) is 0 Å². The van der Waals surface area contributed by atoms with Gasteiger partial charge in [-0.2, -0.15) is 26.3 Å². The molecule has 1 saturated carbocycles. The fourth-order valence-corrected chi connectivity index (χ4v) is 5.61. The smallest absolute Gasteiger partial charge is 0.388 e. The van der Waals surface area contributed by atoms with Crippen molar-refractivity contribution in [2.45, 2.75) is 68.6 Å². The number of piperazine rings is 1. The molecule has 45 heavy (non-hydrogen) atoms. The lowest BCUT2D eigenvalue weighted by Crippen LogP contribution is -2.53. The highest BCUT2D eigenvalue weighted by atomic mass is 19.4. The average Bonchev–Trinajstić information content (AvgIpc) is 3.20. The number of benzene rings is 2. The van der Waals surface area contributed by atoms with Crippen LogP contribution in [0.2, 0.25) is 0 Å². The van der Waals surface area contributed by atoms with Gasteiger partial charge in [-0.15, -0.1) is 0 Å². The van der Waals surface area contributed by atoms with Crippen LogP contribution < -0.4 is 10.6 Å². The minimum absolute atomic E-state index is 0.0355. The normalized spacial score (nSPS) is 18.3. The Hall–Kier alpha value is -3.43. The predicted octanol–water partition coefficient (Wildman–Crippen LogP) is 5.30. The summed E-state index contributed by atoms with van der Waals surface area (Å²) in [5, 5.41) is 25.2. The number of hydrogen-bond acceptors (Lipinski definition) is 5. The van der Waals surface area contributed by atoms with Crippen molar-refractivity contribution in [1.82, 2.24) is 15.1 Å². The predicted molar refractivity (Wildman–Crippen MR) is 150 cm³/mol. The van der Waals surface area contributed by atoms with E-state index in [0.29, 0.717) is 43.6 Å². The third-order valence-electron chi connectivity index (χ3n) is 8.33. The summed E-state index contributed by atoms with van der Waals surface area (Å²) in [6, 6.07) is 6.29. The molecule has 0 aromatic heterocycles. The van der Waals surface area contributed by atoms with Crippen molar-refractivity contribution in [2.75, 3.05) is 38.0 Å². The van der Waals surface area contributed by atoms with Gasteiger partial charge in [-0.3, -0.25) is 9.69 Å². The number of amides is 3. The fraction of sp³-hybridized carbons (Fsp3) is 0.533. The zero-order valence-electron chi connectivity index (χ0n) is 24.3. The summed E-state index contributed by atoms with van der Waals surface area (Å²) < 4.78 is 93.5. The molecule has 2 aromatic rings. The van der Waals surface area contributed by atoms with Crippen LogP contribution in [-0.2, 0) is 12.1 Å². The van der Waals surface area contributed by atoms with Crippen molar-refractivity contribution < 1.29 is 50.5 Å². The molecule has 2 aliphatic rings. The second kappa shape index (κ2) is 13.5. The maximum absolute atomic E-state index is 14.8. The third-order valence-corrected chi connectivity index (χ3v) is 8.33. The second-order valence-electron chi connectivity index (χ2n) is 11.6. The van der Waals surface area contributed by atoms with Gasteiger partial charge in [0.2, 0.25) is 0 Å². The Bertz CT molecular complexity index is 1320. The molecule has 2 fully saturated rings. The van der Waals surface area contributed by atoms with Crippen LogP contribution >= 0.6 is 0 Å². The molecule has 1 heterocycles. The molecular weight excluding hydrogens is 613 g/mol. The zero-order chi connectivity index (χ0) is 33.0. The molecule has 248 valence electrons. The number of halogens is 7. The van der Waals surface area contributed by atoms with E-state index in [0.717, 1.165) is 43.9 Å². The van der Waals surface area contributed by atoms with Crippen molar-refractivity contribution in [3.05, 3.63) is 65.0 Å². The number of nitrogens with zero attached hydrogens (tertiary/aromatic N) is 2. The first-order chi connectivity index (χ1) is 21.0. The Morgan fingerprint density at radius 3 is 1.96 bits per heavy atom. The molecule has 1 saturated heterocycles. The van der Waals surface area contributed by atoms with E-state index < -0.39 is 46.9 Å². The average molecular weight is 649 g/mol. The topological polar surface area (TPSA) is 105 Å². The van der Waals surface area contributed by atoms with Gasteiger partial charge < -0.3 is 25.7 Å². The van der Waals surface area contributed by atoms with E-state index in [1.807, 2.05) is 4.90 Å². The summed E-state index contributed by atoms with van der Waals surface area (Å²) in [5.74, 6) is -1.28. The maximum atomic E-state index is 14.8. The van der Waals surface area contributed by atoms with Gasteiger partial charge in [0.05, 0.1) is 11.3 Å². The van der Waals surface area contributed by atoms with E-state index in [9.17, 15) is 50.5 Å². The lowest BCUT2D eigenvalue weighted by atomic mass is 9.91. The molecule has 4 N–H and O–H groups in total. The molecule has 1 aliphatic carbocycles. The lowest BCUT2D eigenvalue weighted by molar-refractivity contribution is -0.376. The van der Waals surface area contributed by atoms with Crippen LogP contribution in [0.3, 0.4) is 0 Å². The standard InChI is InChI=1S/C30H35F7N4O4/c31-23-17-21(7-10-24(23)39-26(43)38-19-27(44)11-3-1-2-4-12-27)25(42)41-15-13-40(14-16-41)18-20-5-8-22(9-6-20)28(45,29(32,33)34)30(35,36)37/h5-10,17,44-45H,1-4,11-16,18-19H2,(H2,38,39,43). The van der Waals surface area contributed by atoms with Crippen molar-refractivity contribution in [3.63, 3.8) is 0 Å². The van der Waals surface area contributed by atoms with E-state index >= 15 is 0 Å². The molecule has 0 bridgehead atoms. The number of hydrogen-bond donors (Lipinski definition) is 4. The Kier molecular flexibility index (Phi) is 10.3. The van der Waals surface area contributed by atoms with Crippen molar-refractivity contribution in [3.8, 4) is 0 Å². The van der Waals surface area contributed by atoms with Gasteiger partial charge in [-0.05, 0) is 36.6 Å². The maximum Gasteiger partial charge on any atom is 0.430 e. The third kappa shape index (κ3) is 8.05. The fourth-order valence-electron chi connectivity index (χ4n) is 5.61. The molecule has 0 spiro atoms. The van der Waals surface area contributed by atoms with Crippen LogP contribution in [0.15, 0.2) is 42.5 Å². The molecule has 0 atom stereocenters. The van der Waals surface area contributed by atoms with Gasteiger partial charge in [0, 0.05) is 50.4 Å². The van der Waals surface area contributed by atoms with E-state index in [-0.39, 0.29) is 37.4 Å². The Balaban J connectivity index is 1.28. The highest BCUT2D eigenvalue weighted by Gasteiger charge is 2.71. The van der Waals surface area contributed by atoms with Gasteiger partial charge in [-0.1, -0.05) is 49.9 Å². The highest BCUT2D eigenvalue weighted by molar-refractivity contribution is 5.95. The number of carbonyl (C=O) groups is 2. The molecule has 1 aliphatic heterocycles. The minimum atomic E-state index is -5.97. The molecule has 0 unspecified atom stereocenters. The van der Waals surface area contributed by atoms with Crippen LogP contribution in [-0.4, -0.2) is 82.6 Å². The summed E-state index contributed by atoms with van der Waals surface area (Å²) in [7, 11) is 0. The van der Waals surface area contributed by atoms with E-state index in [2.05, 4.69) is 10.6 Å². The van der Waals surface area contributed by atoms with Gasteiger partial charge in [0.15, 0.2) is 0 Å². The summed E-state index contributed by atoms with van der Waals surface area (Å²) >= 11 is 0. The summed E-state index contributed by atoms with van der Waals surface area (Å²) in [6.07, 6.45) is -7.03. The number of nitrogens with one attached hydrogen (secondary N) is 2. The first kappa shape index (κ1) is 34.4. The zero-order valence-corrected chi connectivity index (χ0v) is 24.3. The lowest BCUT2D eigenvalue weighted by Gasteiger charge is -2.35. The van der Waals surface area contributed by atoms with Crippen LogP contribution in [0.4, 0.5) is 41.2 Å². The monoisotopic (exact) mass is 648 g/mol. The summed E-state index contributed by atoms with van der Waals surface area (Å²) in [6.45, 7) is 1.33. The number of alkyl halides is 6.